The van der Waals surface area contributed by atoms with Gasteiger partial charge in [0.15, 0.2) is 0 Å². The highest BCUT2D eigenvalue weighted by atomic mass is 16.9. The van der Waals surface area contributed by atoms with Gasteiger partial charge in [-0.1, -0.05) is 67.0 Å². The Kier molecular flexibility index (Phi) is 12.4. The summed E-state index contributed by atoms with van der Waals surface area (Å²) in [5.74, 6) is 5.06. The number of nitrogens with two attached hydrogens (primary N) is 1. The van der Waals surface area contributed by atoms with Crippen LogP contribution in [0.3, 0.4) is 0 Å². The molecule has 0 radical (unpaired) electrons. The first-order valence-corrected chi connectivity index (χ1v) is 14.8. The normalized spacial score (nSPS) is 21.9. The predicted molar refractivity (Wildman–Crippen MR) is 164 cm³/mol. The van der Waals surface area contributed by atoms with Gasteiger partial charge in [0.1, 0.15) is 28.9 Å². The van der Waals surface area contributed by atoms with Gasteiger partial charge in [0.2, 0.25) is 0 Å². The van der Waals surface area contributed by atoms with Crippen LogP contribution >= 0.6 is 0 Å². The van der Waals surface area contributed by atoms with Crippen LogP contribution in [0.2, 0.25) is 0 Å². The first-order chi connectivity index (χ1) is 19.7. The second kappa shape index (κ2) is 15.0. The number of carbonyl (C=O) groups excluding carboxylic acids is 1. The summed E-state index contributed by atoms with van der Waals surface area (Å²) in [6.07, 6.45) is 7.50. The molecule has 2 aliphatic carbocycles. The summed E-state index contributed by atoms with van der Waals surface area (Å²) in [6, 6.07) is 5.47. The highest BCUT2D eigenvalue weighted by Crippen LogP contribution is 2.44. The molecule has 2 atom stereocenters. The van der Waals surface area contributed by atoms with Crippen LogP contribution in [0.25, 0.3) is 5.57 Å². The monoisotopic (exact) mass is 588 g/mol. The molecule has 11 nitrogen and oxygen atoms in total. The number of benzene rings is 1. The summed E-state index contributed by atoms with van der Waals surface area (Å²) in [7, 11) is 0. The third kappa shape index (κ3) is 9.75. The predicted octanol–water partition coefficient (Wildman–Crippen LogP) is 6.17. The Morgan fingerprint density at radius 2 is 1.88 bits per heavy atom. The number of hydrogen-bond donors (Lipinski definition) is 3. The molecule has 1 heterocycles. The number of phenolic OH excluding ortho intramolecular Hbond substituents is 1. The Morgan fingerprint density at radius 3 is 2.45 bits per heavy atom. The van der Waals surface area contributed by atoms with Crippen molar-refractivity contribution in [1.82, 2.24) is 10.4 Å². The molecule has 42 heavy (non-hydrogen) atoms. The Bertz CT molecular complexity index is 1160. The maximum atomic E-state index is 11.4. The number of amides is 1. The average Bonchev–Trinajstić information content (AvgIpc) is 3.63. The zero-order chi connectivity index (χ0) is 31.7. The van der Waals surface area contributed by atoms with Crippen molar-refractivity contribution in [2.75, 3.05) is 13.2 Å². The Hall–Kier alpha value is -3.60. The summed E-state index contributed by atoms with van der Waals surface area (Å²) in [5, 5.41) is 18.5. The summed E-state index contributed by atoms with van der Waals surface area (Å²) in [4.78, 5) is 32.3. The van der Waals surface area contributed by atoms with Crippen LogP contribution in [-0.2, 0) is 14.5 Å². The summed E-state index contributed by atoms with van der Waals surface area (Å²) in [6.45, 7) is 20.5. The number of allylic oxidation sites excluding steroid dienone is 3. The fourth-order valence-electron chi connectivity index (χ4n) is 5.11. The maximum absolute atomic E-state index is 11.4. The summed E-state index contributed by atoms with van der Waals surface area (Å²) < 4.78 is 5.19. The number of phenols is 1. The second-order valence-electron chi connectivity index (χ2n) is 11.9. The van der Waals surface area contributed by atoms with E-state index in [1.165, 1.54) is 24.3 Å². The van der Waals surface area contributed by atoms with Crippen molar-refractivity contribution in [2.45, 2.75) is 105 Å². The van der Waals surface area contributed by atoms with Gasteiger partial charge in [-0.15, -0.1) is 5.84 Å². The number of aromatic hydroxyl groups is 1. The van der Waals surface area contributed by atoms with Crippen molar-refractivity contribution in [3.63, 3.8) is 0 Å². The van der Waals surface area contributed by atoms with Gasteiger partial charge in [-0.25, -0.2) is 4.79 Å². The molecule has 1 amide bonds. The minimum absolute atomic E-state index is 0.0779. The molecule has 1 aromatic carbocycles. The lowest BCUT2D eigenvalue weighted by Crippen LogP contribution is -2.39. The van der Waals surface area contributed by atoms with E-state index in [1.54, 1.807) is 12.1 Å². The Balaban J connectivity index is 0.000000326. The number of carbonyl (C=O) groups is 1. The third-order valence-corrected chi connectivity index (χ3v) is 7.13. The van der Waals surface area contributed by atoms with E-state index in [4.69, 9.17) is 15.4 Å². The second-order valence-corrected chi connectivity index (χ2v) is 11.9. The van der Waals surface area contributed by atoms with Crippen LogP contribution in [0.15, 0.2) is 41.6 Å². The quantitative estimate of drug-likeness (QED) is 0.195. The first-order valence-electron chi connectivity index (χ1n) is 14.8. The highest BCUT2D eigenvalue weighted by molar-refractivity contribution is 6.13. The fraction of sp³-hybridized carbons (Fsp3) is 0.613. The lowest BCUT2D eigenvalue weighted by Gasteiger charge is -2.35. The molecule has 234 valence electrons. The van der Waals surface area contributed by atoms with E-state index in [0.29, 0.717) is 18.3 Å². The van der Waals surface area contributed by atoms with Crippen LogP contribution in [0, 0.1) is 10.3 Å². The van der Waals surface area contributed by atoms with E-state index in [9.17, 15) is 14.8 Å². The Morgan fingerprint density at radius 1 is 1.24 bits per heavy atom. The van der Waals surface area contributed by atoms with E-state index >= 15 is 0 Å². The van der Waals surface area contributed by atoms with Crippen molar-refractivity contribution in [2.24, 2.45) is 16.4 Å². The smallest absolute Gasteiger partial charge is 0.407 e. The fourth-order valence-corrected chi connectivity index (χ4v) is 5.11. The number of nitrogens with one attached hydrogen (secondary N) is 1. The number of hydrogen-bond acceptors (Lipinski definition) is 8. The number of nitrogens with zero attached hydrogens (tertiary/aromatic N) is 3. The molecule has 4 N–H and O–H groups in total. The number of alkyl carbamates (subject to hydrolysis) is 1. The standard InChI is InChI=1S/C18H22N4O4.C11H21NO2.C2H6/c1-5-16-11(2)14-7-6-13(23)8-15(14)17(18(16,3)4)20-25-10-12-9-21(12)26-22(19)24;1-11(2,3)14-10(13)12-9-7-5-4-6-8-9;1-2/h5-8,12H,1,9-10H2,2-4H3,(H2-,19,23,24);9H,4-8H2,1-3H3,(H,12,13);1-2H3/p+1/b20-17+;;. The Labute approximate surface area is 250 Å². The largest absolute Gasteiger partial charge is 0.508 e. The van der Waals surface area contributed by atoms with Gasteiger partial charge in [-0.2, -0.15) is 0 Å². The van der Waals surface area contributed by atoms with Gasteiger partial charge in [0, 0.05) is 17.0 Å². The molecule has 0 aromatic heterocycles. The molecule has 1 saturated heterocycles. The van der Waals surface area contributed by atoms with Crippen LogP contribution < -0.4 is 11.2 Å². The molecular formula is C31H50N5O6+. The molecule has 4 rings (SSSR count). The van der Waals surface area contributed by atoms with E-state index in [-0.39, 0.29) is 29.5 Å². The van der Waals surface area contributed by atoms with E-state index in [2.05, 4.69) is 22.0 Å². The zero-order valence-electron chi connectivity index (χ0n) is 26.5. The number of hydrazine groups is 1. The average molecular weight is 589 g/mol. The van der Waals surface area contributed by atoms with Gasteiger partial charge >= 0.3 is 11.1 Å². The first kappa shape index (κ1) is 34.6. The summed E-state index contributed by atoms with van der Waals surface area (Å²) >= 11 is 0. The molecule has 3 aliphatic rings. The molecular weight excluding hydrogens is 538 g/mol. The van der Waals surface area contributed by atoms with Gasteiger partial charge in [-0.3, -0.25) is 0 Å². The van der Waals surface area contributed by atoms with Gasteiger partial charge in [0.05, 0.1) is 12.3 Å². The maximum Gasteiger partial charge on any atom is 0.407 e. The number of fused-ring (bicyclic) bond motifs is 1. The van der Waals surface area contributed by atoms with Gasteiger partial charge < -0.3 is 20.0 Å². The lowest BCUT2D eigenvalue weighted by atomic mass is 9.69. The van der Waals surface area contributed by atoms with Gasteiger partial charge in [-0.05, 0) is 83.2 Å². The minimum atomic E-state index is -0.435. The molecule has 1 aromatic rings. The number of hydroxylamine groups is 2. The summed E-state index contributed by atoms with van der Waals surface area (Å²) in [5.41, 5.74) is 3.85. The molecule has 1 aliphatic heterocycles. The van der Waals surface area contributed by atoms with Crippen molar-refractivity contribution < 1.29 is 29.4 Å². The van der Waals surface area contributed by atoms with Crippen molar-refractivity contribution in [3.8, 4) is 5.75 Å². The minimum Gasteiger partial charge on any atom is -0.508 e. The van der Waals surface area contributed by atoms with E-state index in [1.807, 2.05) is 67.5 Å². The van der Waals surface area contributed by atoms with E-state index in [0.717, 1.165) is 35.1 Å². The molecule has 0 spiro atoms. The lowest BCUT2D eigenvalue weighted by molar-refractivity contribution is -0.850. The number of rotatable bonds is 7. The highest BCUT2D eigenvalue weighted by Gasteiger charge is 2.43. The van der Waals surface area contributed by atoms with Crippen molar-refractivity contribution in [1.29, 1.82) is 0 Å². The third-order valence-electron chi connectivity index (χ3n) is 7.13. The molecule has 2 fully saturated rings. The van der Waals surface area contributed by atoms with Crippen molar-refractivity contribution >= 4 is 17.4 Å². The van der Waals surface area contributed by atoms with Crippen LogP contribution in [0.4, 0.5) is 4.79 Å². The van der Waals surface area contributed by atoms with E-state index < -0.39 is 11.0 Å². The molecule has 2 unspecified atom stereocenters. The molecule has 1 saturated carbocycles. The SMILES string of the molecule is C=CC1=C(C)c2ccc(O)cc2/C(=N\OCC2CN2O[N+](N)=O)C1(C)C.CC.CC(C)(C)OC(=O)NC1CCCCC1. The van der Waals surface area contributed by atoms with Crippen LogP contribution in [0.5, 0.6) is 5.75 Å². The molecule has 11 heteroatoms. The number of oxime groups is 1. The number of ether oxygens (including phenoxy) is 1. The topological polar surface area (TPSA) is 138 Å². The zero-order valence-corrected chi connectivity index (χ0v) is 26.5. The van der Waals surface area contributed by atoms with Gasteiger partial charge in [0.25, 0.3) is 0 Å². The van der Waals surface area contributed by atoms with Crippen molar-refractivity contribution in [3.05, 3.63) is 52.5 Å². The molecule has 0 bridgehead atoms. The van der Waals surface area contributed by atoms with Crippen LogP contribution in [-0.4, -0.2) is 57.8 Å². The van der Waals surface area contributed by atoms with Crippen LogP contribution in [0.1, 0.15) is 98.6 Å².